The Bertz CT molecular complexity index is 604. The van der Waals surface area contributed by atoms with Crippen LogP contribution in [0.1, 0.15) is 44.6 Å². The van der Waals surface area contributed by atoms with Crippen molar-refractivity contribution in [2.24, 2.45) is 5.92 Å². The summed E-state index contributed by atoms with van der Waals surface area (Å²) in [5.41, 5.74) is 2.33. The van der Waals surface area contributed by atoms with Crippen molar-refractivity contribution in [2.75, 3.05) is 13.2 Å². The van der Waals surface area contributed by atoms with Crippen LogP contribution in [0.5, 0.6) is 0 Å². The van der Waals surface area contributed by atoms with Gasteiger partial charge in [0.05, 0.1) is 12.1 Å². The third kappa shape index (κ3) is 2.85. The molecule has 3 unspecified atom stereocenters. The lowest BCUT2D eigenvalue weighted by molar-refractivity contribution is 0.105. The van der Waals surface area contributed by atoms with E-state index in [-0.39, 0.29) is 6.04 Å². The number of aryl methyl sites for hydroxylation is 1. The second kappa shape index (κ2) is 6.20. The standard InChI is InChI=1S/C18H25NO2/c1-4-15-16-7-5-6-8-17(16)21-18(15)12(2)19-11-14-9-10-20-13(14)3/h5-8,12-14,19H,4,9-11H2,1-3H3. The summed E-state index contributed by atoms with van der Waals surface area (Å²) >= 11 is 0. The first kappa shape index (κ1) is 14.6. The molecule has 0 saturated carbocycles. The quantitative estimate of drug-likeness (QED) is 0.900. The molecule has 1 N–H and O–H groups in total. The summed E-state index contributed by atoms with van der Waals surface area (Å²) in [5.74, 6) is 1.70. The van der Waals surface area contributed by atoms with Gasteiger partial charge in [-0.2, -0.15) is 0 Å². The monoisotopic (exact) mass is 287 g/mol. The molecule has 3 rings (SSSR count). The largest absolute Gasteiger partial charge is 0.459 e. The zero-order valence-electron chi connectivity index (χ0n) is 13.2. The van der Waals surface area contributed by atoms with E-state index in [0.29, 0.717) is 12.0 Å². The van der Waals surface area contributed by atoms with E-state index in [4.69, 9.17) is 9.15 Å². The molecule has 0 aliphatic carbocycles. The van der Waals surface area contributed by atoms with E-state index in [1.807, 2.05) is 6.07 Å². The number of benzene rings is 1. The minimum atomic E-state index is 0.236. The molecule has 0 bridgehead atoms. The molecule has 1 saturated heterocycles. The van der Waals surface area contributed by atoms with Gasteiger partial charge in [-0.15, -0.1) is 0 Å². The third-order valence-electron chi connectivity index (χ3n) is 4.70. The molecular formula is C18H25NO2. The van der Waals surface area contributed by atoms with Gasteiger partial charge in [-0.05, 0) is 38.7 Å². The fraction of sp³-hybridized carbons (Fsp3) is 0.556. The molecule has 0 amide bonds. The average Bonchev–Trinajstić information content (AvgIpc) is 3.07. The minimum Gasteiger partial charge on any atom is -0.459 e. The van der Waals surface area contributed by atoms with Crippen LogP contribution in [0.25, 0.3) is 11.0 Å². The zero-order valence-corrected chi connectivity index (χ0v) is 13.2. The van der Waals surface area contributed by atoms with Crippen LogP contribution in [-0.2, 0) is 11.2 Å². The van der Waals surface area contributed by atoms with Crippen molar-refractivity contribution in [3.8, 4) is 0 Å². The SMILES string of the molecule is CCc1c(C(C)NCC2CCOC2C)oc2ccccc12. The predicted octanol–water partition coefficient (Wildman–Crippen LogP) is 4.07. The normalized spacial score (nSPS) is 23.8. The number of hydrogen-bond donors (Lipinski definition) is 1. The molecule has 0 spiro atoms. The maximum Gasteiger partial charge on any atom is 0.134 e. The topological polar surface area (TPSA) is 34.4 Å². The number of rotatable bonds is 5. The van der Waals surface area contributed by atoms with Crippen LogP contribution in [0.3, 0.4) is 0 Å². The third-order valence-corrected chi connectivity index (χ3v) is 4.70. The summed E-state index contributed by atoms with van der Waals surface area (Å²) in [6.07, 6.45) is 2.52. The van der Waals surface area contributed by atoms with Gasteiger partial charge in [-0.25, -0.2) is 0 Å². The van der Waals surface area contributed by atoms with Crippen LogP contribution in [0.4, 0.5) is 0 Å². The van der Waals surface area contributed by atoms with E-state index >= 15 is 0 Å². The van der Waals surface area contributed by atoms with Crippen molar-refractivity contribution >= 4 is 11.0 Å². The van der Waals surface area contributed by atoms with Crippen molar-refractivity contribution in [3.05, 3.63) is 35.6 Å². The molecule has 3 nitrogen and oxygen atoms in total. The van der Waals surface area contributed by atoms with E-state index < -0.39 is 0 Å². The van der Waals surface area contributed by atoms with Crippen molar-refractivity contribution < 1.29 is 9.15 Å². The highest BCUT2D eigenvalue weighted by molar-refractivity contribution is 5.82. The number of nitrogens with one attached hydrogen (secondary N) is 1. The molecule has 21 heavy (non-hydrogen) atoms. The summed E-state index contributed by atoms with van der Waals surface area (Å²) in [6, 6.07) is 8.56. The Hall–Kier alpha value is -1.32. The van der Waals surface area contributed by atoms with Crippen LogP contribution in [0, 0.1) is 5.92 Å². The molecule has 0 radical (unpaired) electrons. The number of hydrogen-bond acceptors (Lipinski definition) is 3. The van der Waals surface area contributed by atoms with Gasteiger partial charge in [0, 0.05) is 24.1 Å². The molecule has 3 heteroatoms. The summed E-state index contributed by atoms with van der Waals surface area (Å²) in [5, 5.41) is 4.88. The number of ether oxygens (including phenoxy) is 1. The average molecular weight is 287 g/mol. The van der Waals surface area contributed by atoms with E-state index in [9.17, 15) is 0 Å². The maximum atomic E-state index is 6.10. The first-order valence-corrected chi connectivity index (χ1v) is 8.06. The van der Waals surface area contributed by atoms with Crippen LogP contribution >= 0.6 is 0 Å². The fourth-order valence-corrected chi connectivity index (χ4v) is 3.30. The molecule has 1 aromatic carbocycles. The summed E-state index contributed by atoms with van der Waals surface area (Å²) < 4.78 is 11.7. The molecule has 1 fully saturated rings. The van der Waals surface area contributed by atoms with Gasteiger partial charge in [-0.3, -0.25) is 0 Å². The number of para-hydroxylation sites is 1. The fourth-order valence-electron chi connectivity index (χ4n) is 3.30. The van der Waals surface area contributed by atoms with Gasteiger partial charge in [0.1, 0.15) is 11.3 Å². The molecule has 1 aromatic heterocycles. The Morgan fingerprint density at radius 2 is 2.14 bits per heavy atom. The highest BCUT2D eigenvalue weighted by Gasteiger charge is 2.25. The lowest BCUT2D eigenvalue weighted by atomic mass is 10.0. The van der Waals surface area contributed by atoms with Gasteiger partial charge < -0.3 is 14.5 Å². The smallest absolute Gasteiger partial charge is 0.134 e. The van der Waals surface area contributed by atoms with E-state index in [2.05, 4.69) is 44.3 Å². The molecule has 2 aromatic rings. The summed E-state index contributed by atoms with van der Waals surface area (Å²) in [7, 11) is 0. The number of furan rings is 1. The summed E-state index contributed by atoms with van der Waals surface area (Å²) in [6.45, 7) is 8.44. The van der Waals surface area contributed by atoms with Crippen LogP contribution < -0.4 is 5.32 Å². The number of fused-ring (bicyclic) bond motifs is 1. The zero-order chi connectivity index (χ0) is 14.8. The maximum absolute atomic E-state index is 6.10. The first-order chi connectivity index (χ1) is 10.2. The van der Waals surface area contributed by atoms with Crippen molar-refractivity contribution in [3.63, 3.8) is 0 Å². The molecule has 2 heterocycles. The lowest BCUT2D eigenvalue weighted by Gasteiger charge is -2.18. The Labute approximate surface area is 126 Å². The predicted molar refractivity (Wildman–Crippen MR) is 85.5 cm³/mol. The molecule has 3 atom stereocenters. The van der Waals surface area contributed by atoms with E-state index in [1.165, 1.54) is 10.9 Å². The van der Waals surface area contributed by atoms with Crippen molar-refractivity contribution in [1.82, 2.24) is 5.32 Å². The Balaban J connectivity index is 1.76. The van der Waals surface area contributed by atoms with Crippen molar-refractivity contribution in [2.45, 2.75) is 45.8 Å². The van der Waals surface area contributed by atoms with Crippen LogP contribution in [-0.4, -0.2) is 19.3 Å². The first-order valence-electron chi connectivity index (χ1n) is 8.06. The Kier molecular flexibility index (Phi) is 4.32. The molecule has 1 aliphatic rings. The van der Waals surface area contributed by atoms with Gasteiger partial charge in [0.25, 0.3) is 0 Å². The van der Waals surface area contributed by atoms with Gasteiger partial charge in [0.15, 0.2) is 0 Å². The Morgan fingerprint density at radius 1 is 1.33 bits per heavy atom. The van der Waals surface area contributed by atoms with Crippen molar-refractivity contribution in [1.29, 1.82) is 0 Å². The Morgan fingerprint density at radius 3 is 2.86 bits per heavy atom. The highest BCUT2D eigenvalue weighted by atomic mass is 16.5. The van der Waals surface area contributed by atoms with Crippen LogP contribution in [0.2, 0.25) is 0 Å². The van der Waals surface area contributed by atoms with E-state index in [1.54, 1.807) is 0 Å². The lowest BCUT2D eigenvalue weighted by Crippen LogP contribution is -2.29. The molecule has 114 valence electrons. The second-order valence-electron chi connectivity index (χ2n) is 6.05. The highest BCUT2D eigenvalue weighted by Crippen LogP contribution is 2.31. The summed E-state index contributed by atoms with van der Waals surface area (Å²) in [4.78, 5) is 0. The molecule has 1 aliphatic heterocycles. The van der Waals surface area contributed by atoms with Gasteiger partial charge in [0.2, 0.25) is 0 Å². The van der Waals surface area contributed by atoms with Gasteiger partial charge >= 0.3 is 0 Å². The minimum absolute atomic E-state index is 0.236. The molecular weight excluding hydrogens is 262 g/mol. The van der Waals surface area contributed by atoms with E-state index in [0.717, 1.165) is 37.3 Å². The van der Waals surface area contributed by atoms with Crippen LogP contribution in [0.15, 0.2) is 28.7 Å². The van der Waals surface area contributed by atoms with Gasteiger partial charge in [-0.1, -0.05) is 25.1 Å². The second-order valence-corrected chi connectivity index (χ2v) is 6.05.